The van der Waals surface area contributed by atoms with Gasteiger partial charge in [-0.25, -0.2) is 4.79 Å². The molecule has 0 saturated carbocycles. The van der Waals surface area contributed by atoms with Crippen molar-refractivity contribution in [2.75, 3.05) is 20.3 Å². The molecule has 0 spiro atoms. The second kappa shape index (κ2) is 6.75. The maximum absolute atomic E-state index is 12.1. The third-order valence-corrected chi connectivity index (χ3v) is 2.89. The Labute approximate surface area is 125 Å². The Morgan fingerprint density at radius 2 is 2.05 bits per heavy atom. The summed E-state index contributed by atoms with van der Waals surface area (Å²) in [5.41, 5.74) is -0.302. The SMILES string of the molecule is CCOc1ccc2c(C(=O)NCC(=O)OC)cc(=O)oc2c1. The zero-order chi connectivity index (χ0) is 16.1. The number of ether oxygens (including phenoxy) is 2. The molecule has 116 valence electrons. The number of rotatable bonds is 5. The van der Waals surface area contributed by atoms with Gasteiger partial charge in [0.1, 0.15) is 17.9 Å². The zero-order valence-corrected chi connectivity index (χ0v) is 12.2. The van der Waals surface area contributed by atoms with Gasteiger partial charge in [0.05, 0.1) is 19.3 Å². The summed E-state index contributed by atoms with van der Waals surface area (Å²) in [7, 11) is 1.22. The van der Waals surface area contributed by atoms with Gasteiger partial charge in [-0.3, -0.25) is 9.59 Å². The molecule has 7 heteroatoms. The van der Waals surface area contributed by atoms with Crippen LogP contribution in [0.3, 0.4) is 0 Å². The first-order chi connectivity index (χ1) is 10.5. The molecular weight excluding hydrogens is 290 g/mol. The van der Waals surface area contributed by atoms with Crippen LogP contribution in [0, 0.1) is 0 Å². The van der Waals surface area contributed by atoms with E-state index in [4.69, 9.17) is 9.15 Å². The first-order valence-electron chi connectivity index (χ1n) is 6.61. The van der Waals surface area contributed by atoms with Gasteiger partial charge in [0.25, 0.3) is 5.91 Å². The summed E-state index contributed by atoms with van der Waals surface area (Å²) in [4.78, 5) is 34.8. The fourth-order valence-corrected chi connectivity index (χ4v) is 1.91. The summed E-state index contributed by atoms with van der Waals surface area (Å²) in [5, 5.41) is 2.83. The predicted molar refractivity (Wildman–Crippen MR) is 78.0 cm³/mol. The van der Waals surface area contributed by atoms with Crippen LogP contribution in [-0.2, 0) is 9.53 Å². The van der Waals surface area contributed by atoms with Crippen LogP contribution in [0.4, 0.5) is 0 Å². The number of hydrogen-bond acceptors (Lipinski definition) is 6. The van der Waals surface area contributed by atoms with E-state index in [9.17, 15) is 14.4 Å². The smallest absolute Gasteiger partial charge is 0.337 e. The molecule has 2 rings (SSSR count). The van der Waals surface area contributed by atoms with Crippen molar-refractivity contribution >= 4 is 22.8 Å². The van der Waals surface area contributed by atoms with Crippen LogP contribution in [0.15, 0.2) is 33.5 Å². The Bertz CT molecular complexity index is 764. The molecule has 22 heavy (non-hydrogen) atoms. The molecule has 2 aromatic rings. The minimum atomic E-state index is -0.663. The van der Waals surface area contributed by atoms with Gasteiger partial charge in [-0.1, -0.05) is 0 Å². The molecule has 1 heterocycles. The third kappa shape index (κ3) is 3.43. The number of carbonyl (C=O) groups excluding carboxylic acids is 2. The van der Waals surface area contributed by atoms with Crippen LogP contribution in [0.2, 0.25) is 0 Å². The first kappa shape index (κ1) is 15.6. The second-order valence-corrected chi connectivity index (χ2v) is 4.33. The van der Waals surface area contributed by atoms with Crippen molar-refractivity contribution in [2.45, 2.75) is 6.92 Å². The van der Waals surface area contributed by atoms with Crippen molar-refractivity contribution in [3.8, 4) is 5.75 Å². The molecule has 0 bridgehead atoms. The molecule has 0 radical (unpaired) electrons. The fourth-order valence-electron chi connectivity index (χ4n) is 1.91. The average Bonchev–Trinajstić information content (AvgIpc) is 2.51. The number of carbonyl (C=O) groups is 2. The van der Waals surface area contributed by atoms with Crippen molar-refractivity contribution in [3.63, 3.8) is 0 Å². The molecule has 7 nitrogen and oxygen atoms in total. The molecule has 1 amide bonds. The second-order valence-electron chi connectivity index (χ2n) is 4.33. The maximum atomic E-state index is 12.1. The van der Waals surface area contributed by atoms with Gasteiger partial charge in [-0.15, -0.1) is 0 Å². The van der Waals surface area contributed by atoms with E-state index in [0.29, 0.717) is 17.7 Å². The topological polar surface area (TPSA) is 94.8 Å². The average molecular weight is 305 g/mol. The monoisotopic (exact) mass is 305 g/mol. The molecule has 0 aliphatic heterocycles. The van der Waals surface area contributed by atoms with Crippen molar-refractivity contribution in [1.29, 1.82) is 0 Å². The molecule has 0 aliphatic carbocycles. The Hall–Kier alpha value is -2.83. The lowest BCUT2D eigenvalue weighted by molar-refractivity contribution is -0.139. The lowest BCUT2D eigenvalue weighted by Gasteiger charge is -2.08. The van der Waals surface area contributed by atoms with Crippen molar-refractivity contribution < 1.29 is 23.5 Å². The largest absolute Gasteiger partial charge is 0.494 e. The quantitative estimate of drug-likeness (QED) is 0.656. The van der Waals surface area contributed by atoms with Gasteiger partial charge in [0.15, 0.2) is 0 Å². The molecule has 1 N–H and O–H groups in total. The molecule has 0 aliphatic rings. The van der Waals surface area contributed by atoms with Gasteiger partial charge >= 0.3 is 11.6 Å². The Balaban J connectivity index is 2.38. The molecular formula is C15H15NO6. The standard InChI is InChI=1S/C15H15NO6/c1-3-21-9-4-5-10-11(7-13(17)22-12(10)6-9)15(19)16-8-14(18)20-2/h4-7H,3,8H2,1-2H3,(H,16,19). The highest BCUT2D eigenvalue weighted by atomic mass is 16.5. The summed E-state index contributed by atoms with van der Waals surface area (Å²) >= 11 is 0. The number of nitrogens with one attached hydrogen (secondary N) is 1. The van der Waals surface area contributed by atoms with E-state index in [2.05, 4.69) is 10.1 Å². The van der Waals surface area contributed by atoms with E-state index in [1.165, 1.54) is 13.2 Å². The number of benzene rings is 1. The summed E-state index contributed by atoms with van der Waals surface area (Å²) < 4.78 is 14.8. The Morgan fingerprint density at radius 3 is 2.73 bits per heavy atom. The lowest BCUT2D eigenvalue weighted by Crippen LogP contribution is -2.30. The van der Waals surface area contributed by atoms with Gasteiger partial charge in [0, 0.05) is 17.5 Å². The predicted octanol–water partition coefficient (Wildman–Crippen LogP) is 1.09. The van der Waals surface area contributed by atoms with E-state index in [1.807, 2.05) is 6.92 Å². The summed E-state index contributed by atoms with van der Waals surface area (Å²) in [6.07, 6.45) is 0. The summed E-state index contributed by atoms with van der Waals surface area (Å²) in [6.45, 7) is 2.01. The number of esters is 1. The fraction of sp³-hybridized carbons (Fsp3) is 0.267. The number of fused-ring (bicyclic) bond motifs is 1. The highest BCUT2D eigenvalue weighted by molar-refractivity contribution is 6.06. The van der Waals surface area contributed by atoms with Crippen LogP contribution >= 0.6 is 0 Å². The maximum Gasteiger partial charge on any atom is 0.337 e. The van der Waals surface area contributed by atoms with Crippen LogP contribution in [0.5, 0.6) is 5.75 Å². The van der Waals surface area contributed by atoms with Crippen molar-refractivity contribution in [1.82, 2.24) is 5.32 Å². The molecule has 1 aromatic heterocycles. The van der Waals surface area contributed by atoms with E-state index < -0.39 is 17.5 Å². The molecule has 0 unspecified atom stereocenters. The molecule has 1 aromatic carbocycles. The number of hydrogen-bond donors (Lipinski definition) is 1. The van der Waals surface area contributed by atoms with E-state index in [1.54, 1.807) is 12.1 Å². The van der Waals surface area contributed by atoms with Crippen LogP contribution in [-0.4, -0.2) is 32.1 Å². The normalized spacial score (nSPS) is 10.3. The van der Waals surface area contributed by atoms with Crippen LogP contribution < -0.4 is 15.7 Å². The van der Waals surface area contributed by atoms with E-state index >= 15 is 0 Å². The number of amides is 1. The van der Waals surface area contributed by atoms with Crippen molar-refractivity contribution in [3.05, 3.63) is 40.2 Å². The molecule has 0 atom stereocenters. The minimum absolute atomic E-state index is 0.123. The lowest BCUT2D eigenvalue weighted by atomic mass is 10.1. The van der Waals surface area contributed by atoms with Gasteiger partial charge in [-0.2, -0.15) is 0 Å². The summed E-state index contributed by atoms with van der Waals surface area (Å²) in [6, 6.07) is 5.91. The van der Waals surface area contributed by atoms with Gasteiger partial charge in [0.2, 0.25) is 0 Å². The summed E-state index contributed by atoms with van der Waals surface area (Å²) in [5.74, 6) is -0.614. The first-order valence-corrected chi connectivity index (χ1v) is 6.61. The Kier molecular flexibility index (Phi) is 4.77. The van der Waals surface area contributed by atoms with Crippen LogP contribution in [0.25, 0.3) is 11.0 Å². The molecule has 0 fully saturated rings. The third-order valence-electron chi connectivity index (χ3n) is 2.89. The highest BCUT2D eigenvalue weighted by Gasteiger charge is 2.14. The molecule has 0 saturated heterocycles. The minimum Gasteiger partial charge on any atom is -0.494 e. The van der Waals surface area contributed by atoms with Gasteiger partial charge in [-0.05, 0) is 19.1 Å². The highest BCUT2D eigenvalue weighted by Crippen LogP contribution is 2.22. The van der Waals surface area contributed by atoms with E-state index in [-0.39, 0.29) is 17.7 Å². The van der Waals surface area contributed by atoms with Gasteiger partial charge < -0.3 is 19.2 Å². The van der Waals surface area contributed by atoms with Crippen molar-refractivity contribution in [2.24, 2.45) is 0 Å². The number of methoxy groups -OCH3 is 1. The van der Waals surface area contributed by atoms with E-state index in [0.717, 1.165) is 6.07 Å². The van der Waals surface area contributed by atoms with Crippen LogP contribution in [0.1, 0.15) is 17.3 Å². The Morgan fingerprint density at radius 1 is 1.27 bits per heavy atom. The zero-order valence-electron chi connectivity index (χ0n) is 12.2.